The normalized spacial score (nSPS) is 14.2. The molecule has 4 aromatic rings. The van der Waals surface area contributed by atoms with Gasteiger partial charge in [-0.25, -0.2) is 4.79 Å². The highest BCUT2D eigenvalue weighted by molar-refractivity contribution is 6.31. The van der Waals surface area contributed by atoms with E-state index in [4.69, 9.17) is 21.1 Å². The summed E-state index contributed by atoms with van der Waals surface area (Å²) in [6.07, 6.45) is 1.10. The van der Waals surface area contributed by atoms with E-state index in [1.807, 2.05) is 18.2 Å². The van der Waals surface area contributed by atoms with Gasteiger partial charge < -0.3 is 19.1 Å². The number of hydrogen-bond donors (Lipinski definition) is 1. The fraction of sp³-hybridized carbons (Fsp3) is 0.296. The van der Waals surface area contributed by atoms with E-state index in [9.17, 15) is 14.7 Å². The fourth-order valence-electron chi connectivity index (χ4n) is 4.78. The number of nitrogens with zero attached hydrogens (tertiary/aromatic N) is 2. The minimum atomic E-state index is -1.40. The highest BCUT2D eigenvalue weighted by Crippen LogP contribution is 2.43. The highest BCUT2D eigenvalue weighted by Gasteiger charge is 2.34. The van der Waals surface area contributed by atoms with Gasteiger partial charge in [-0.15, -0.1) is 0 Å². The van der Waals surface area contributed by atoms with Gasteiger partial charge in [0.1, 0.15) is 5.75 Å². The molecule has 5 rings (SSSR count). The van der Waals surface area contributed by atoms with Crippen LogP contribution >= 0.6 is 11.6 Å². The standard InChI is InChI=1S/C27H25ClN2O5/c1-27(2,3)35-24(26(32)33)23-21(16-6-5-15(28)13-18(16)25(31)30(23)4)17-7-8-19-20-14(10-12-34-19)9-11-29-22(17)20/h5-9,11,13,24H,10,12H2,1-4H3,(H,32,33). The highest BCUT2D eigenvalue weighted by atomic mass is 35.5. The second kappa shape index (κ2) is 8.36. The van der Waals surface area contributed by atoms with Crippen LogP contribution in [0, 0.1) is 0 Å². The first-order valence-corrected chi connectivity index (χ1v) is 11.7. The van der Waals surface area contributed by atoms with E-state index < -0.39 is 17.7 Å². The lowest BCUT2D eigenvalue weighted by atomic mass is 9.91. The van der Waals surface area contributed by atoms with Gasteiger partial charge in [0.25, 0.3) is 5.56 Å². The van der Waals surface area contributed by atoms with Crippen LogP contribution in [-0.4, -0.2) is 32.8 Å². The van der Waals surface area contributed by atoms with Gasteiger partial charge in [-0.05, 0) is 62.1 Å². The van der Waals surface area contributed by atoms with E-state index in [0.717, 1.165) is 23.1 Å². The maximum atomic E-state index is 13.4. The minimum Gasteiger partial charge on any atom is -0.493 e. The lowest BCUT2D eigenvalue weighted by Crippen LogP contribution is -2.33. The number of halogens is 1. The molecule has 1 aliphatic rings. The second-order valence-corrected chi connectivity index (χ2v) is 10.1. The summed E-state index contributed by atoms with van der Waals surface area (Å²) >= 11 is 6.25. The van der Waals surface area contributed by atoms with Crippen molar-refractivity contribution in [2.45, 2.75) is 38.9 Å². The van der Waals surface area contributed by atoms with Crippen molar-refractivity contribution >= 4 is 39.2 Å². The first-order chi connectivity index (χ1) is 16.6. The second-order valence-electron chi connectivity index (χ2n) is 9.67. The maximum Gasteiger partial charge on any atom is 0.339 e. The van der Waals surface area contributed by atoms with Crippen LogP contribution in [0.15, 0.2) is 47.4 Å². The molecule has 35 heavy (non-hydrogen) atoms. The summed E-state index contributed by atoms with van der Waals surface area (Å²) in [7, 11) is 1.56. The van der Waals surface area contributed by atoms with Gasteiger partial charge in [-0.2, -0.15) is 0 Å². The Bertz CT molecular complexity index is 1560. The molecule has 2 aromatic heterocycles. The van der Waals surface area contributed by atoms with Crippen LogP contribution in [0.3, 0.4) is 0 Å². The SMILES string of the molecule is Cn1c(C(OC(C)(C)C)C(=O)O)c(-c2ccc3c4c(ccnc24)CCO3)c2ccc(Cl)cc2c1=O. The monoisotopic (exact) mass is 492 g/mol. The number of pyridine rings is 2. The lowest BCUT2D eigenvalue weighted by Gasteiger charge is -2.29. The topological polar surface area (TPSA) is 90.7 Å². The molecule has 0 radical (unpaired) electrons. The van der Waals surface area contributed by atoms with Crippen LogP contribution in [0.1, 0.15) is 38.1 Å². The van der Waals surface area contributed by atoms with Gasteiger partial charge in [0.15, 0.2) is 6.10 Å². The Kier molecular flexibility index (Phi) is 5.57. The quantitative estimate of drug-likeness (QED) is 0.416. The molecular weight excluding hydrogens is 468 g/mol. The van der Waals surface area contributed by atoms with Crippen LogP contribution in [0.2, 0.25) is 5.02 Å². The summed E-state index contributed by atoms with van der Waals surface area (Å²) in [5.74, 6) is -0.457. The molecule has 3 heterocycles. The molecule has 180 valence electrons. The first-order valence-electron chi connectivity index (χ1n) is 11.3. The summed E-state index contributed by atoms with van der Waals surface area (Å²) in [5, 5.41) is 12.5. The van der Waals surface area contributed by atoms with Gasteiger partial charge in [0, 0.05) is 46.6 Å². The van der Waals surface area contributed by atoms with Crippen molar-refractivity contribution in [1.29, 1.82) is 0 Å². The van der Waals surface area contributed by atoms with Crippen LogP contribution in [0.25, 0.3) is 32.8 Å². The number of rotatable bonds is 4. The Morgan fingerprint density at radius 1 is 1.20 bits per heavy atom. The predicted octanol–water partition coefficient (Wildman–Crippen LogP) is 5.28. The Balaban J connectivity index is 1.96. The largest absolute Gasteiger partial charge is 0.493 e. The van der Waals surface area contributed by atoms with E-state index in [2.05, 4.69) is 4.98 Å². The van der Waals surface area contributed by atoms with Crippen LogP contribution in [0.4, 0.5) is 0 Å². The molecule has 1 unspecified atom stereocenters. The van der Waals surface area contributed by atoms with Gasteiger partial charge in [0.2, 0.25) is 0 Å². The Morgan fingerprint density at radius 3 is 2.69 bits per heavy atom. The molecular formula is C27H25ClN2O5. The number of aliphatic carboxylic acids is 1. The Hall–Kier alpha value is -3.42. The summed E-state index contributed by atoms with van der Waals surface area (Å²) < 4.78 is 13.3. The zero-order valence-corrected chi connectivity index (χ0v) is 20.6. The van der Waals surface area contributed by atoms with Gasteiger partial charge in [0.05, 0.1) is 23.4 Å². The molecule has 0 bridgehead atoms. The van der Waals surface area contributed by atoms with Gasteiger partial charge in [-0.1, -0.05) is 17.7 Å². The molecule has 0 saturated heterocycles. The number of ether oxygens (including phenoxy) is 2. The van der Waals surface area contributed by atoms with E-state index >= 15 is 0 Å². The molecule has 1 atom stereocenters. The van der Waals surface area contributed by atoms with Crippen LogP contribution in [-0.2, 0) is 23.0 Å². The molecule has 1 aliphatic heterocycles. The van der Waals surface area contributed by atoms with Crippen molar-refractivity contribution in [3.05, 3.63) is 69.2 Å². The number of fused-ring (bicyclic) bond motifs is 1. The number of carbonyl (C=O) groups is 1. The Morgan fingerprint density at radius 2 is 1.97 bits per heavy atom. The summed E-state index contributed by atoms with van der Waals surface area (Å²) in [6, 6.07) is 10.8. The minimum absolute atomic E-state index is 0.242. The molecule has 8 heteroatoms. The zero-order chi connectivity index (χ0) is 25.1. The Labute approximate surface area is 206 Å². The average molecular weight is 493 g/mol. The number of hydrogen-bond acceptors (Lipinski definition) is 5. The number of aromatic nitrogens is 2. The lowest BCUT2D eigenvalue weighted by molar-refractivity contribution is -0.161. The molecule has 0 spiro atoms. The molecule has 0 amide bonds. The summed E-state index contributed by atoms with van der Waals surface area (Å²) in [6.45, 7) is 5.92. The van der Waals surface area contributed by atoms with Crippen LogP contribution < -0.4 is 10.3 Å². The summed E-state index contributed by atoms with van der Waals surface area (Å²) in [5.41, 5.74) is 2.15. The van der Waals surface area contributed by atoms with Gasteiger partial charge in [-0.3, -0.25) is 9.78 Å². The van der Waals surface area contributed by atoms with Crippen molar-refractivity contribution < 1.29 is 19.4 Å². The molecule has 7 nitrogen and oxygen atoms in total. The third kappa shape index (κ3) is 3.94. The molecule has 2 aromatic carbocycles. The molecule has 0 aliphatic carbocycles. The van der Waals surface area contributed by atoms with Crippen molar-refractivity contribution in [2.75, 3.05) is 6.61 Å². The van der Waals surface area contributed by atoms with Crippen molar-refractivity contribution in [2.24, 2.45) is 7.05 Å². The molecule has 1 N–H and O–H groups in total. The summed E-state index contributed by atoms with van der Waals surface area (Å²) in [4.78, 5) is 30.6. The maximum absolute atomic E-state index is 13.4. The van der Waals surface area contributed by atoms with Crippen molar-refractivity contribution in [3.8, 4) is 16.9 Å². The third-order valence-electron chi connectivity index (χ3n) is 6.19. The average Bonchev–Trinajstić information content (AvgIpc) is 2.80. The number of carboxylic acids is 1. The van der Waals surface area contributed by atoms with Crippen molar-refractivity contribution in [3.63, 3.8) is 0 Å². The fourth-order valence-corrected chi connectivity index (χ4v) is 4.95. The van der Waals surface area contributed by atoms with Crippen LogP contribution in [0.5, 0.6) is 5.75 Å². The number of carboxylic acid groups (broad SMARTS) is 1. The first kappa shape index (κ1) is 23.3. The molecule has 0 saturated carbocycles. The molecule has 0 fully saturated rings. The van der Waals surface area contributed by atoms with Gasteiger partial charge >= 0.3 is 5.97 Å². The van der Waals surface area contributed by atoms with Crippen molar-refractivity contribution in [1.82, 2.24) is 9.55 Å². The van der Waals surface area contributed by atoms with E-state index in [0.29, 0.717) is 39.0 Å². The van der Waals surface area contributed by atoms with E-state index in [1.54, 1.807) is 52.2 Å². The smallest absolute Gasteiger partial charge is 0.339 e. The predicted molar refractivity (Wildman–Crippen MR) is 135 cm³/mol. The zero-order valence-electron chi connectivity index (χ0n) is 19.9. The number of benzene rings is 2. The third-order valence-corrected chi connectivity index (χ3v) is 6.42. The van der Waals surface area contributed by atoms with E-state index in [-0.39, 0.29) is 11.3 Å². The van der Waals surface area contributed by atoms with E-state index in [1.165, 1.54) is 4.57 Å².